The van der Waals surface area contributed by atoms with Gasteiger partial charge in [-0.05, 0) is 179 Å². The lowest BCUT2D eigenvalue weighted by Gasteiger charge is -2.73. The topological polar surface area (TPSA) is 223 Å². The molecule has 5 aliphatic carbocycles. The van der Waals surface area contributed by atoms with Gasteiger partial charge in [-0.3, -0.25) is 24.1 Å². The van der Waals surface area contributed by atoms with E-state index in [0.717, 1.165) is 69.8 Å². The number of amides is 3. The van der Waals surface area contributed by atoms with Crippen molar-refractivity contribution < 1.29 is 53.4 Å². The van der Waals surface area contributed by atoms with Crippen molar-refractivity contribution in [3.05, 3.63) is 12.2 Å². The second-order valence-electron chi connectivity index (χ2n) is 28.2. The number of nitrogens with one attached hydrogen (secondary N) is 1. The third-order valence-electron chi connectivity index (χ3n) is 23.2. The molecule has 5 saturated carbocycles. The van der Waals surface area contributed by atoms with Crippen LogP contribution in [0.3, 0.4) is 0 Å². The molecule has 0 aromatic heterocycles. The molecule has 6 rings (SSSR count). The van der Waals surface area contributed by atoms with Crippen LogP contribution in [0.1, 0.15) is 185 Å². The zero-order valence-electron chi connectivity index (χ0n) is 50.1. The maximum Gasteiger partial charge on any atom is 0.245 e. The molecule has 3 amide bonds. The smallest absolute Gasteiger partial charge is 0.245 e. The van der Waals surface area contributed by atoms with E-state index in [9.17, 15) is 48.8 Å². The first kappa shape index (κ1) is 63.9. The summed E-state index contributed by atoms with van der Waals surface area (Å²) in [4.78, 5) is 85.6. The lowest BCUT2D eigenvalue weighted by Crippen LogP contribution is -2.66. The van der Waals surface area contributed by atoms with Gasteiger partial charge in [0.2, 0.25) is 17.7 Å². The zero-order chi connectivity index (χ0) is 57.5. The normalized spacial score (nSPS) is 35.2. The molecule has 0 radical (unpaired) electrons. The van der Waals surface area contributed by atoms with Gasteiger partial charge in [0, 0.05) is 69.5 Å². The maximum absolute atomic E-state index is 14.3. The van der Waals surface area contributed by atoms with E-state index in [1.165, 1.54) is 0 Å². The molecule has 77 heavy (non-hydrogen) atoms. The van der Waals surface area contributed by atoms with Crippen LogP contribution in [0.15, 0.2) is 12.2 Å². The van der Waals surface area contributed by atoms with Crippen LogP contribution in [-0.4, -0.2) is 131 Å². The number of fused-ring (bicyclic) bond motifs is 7. The van der Waals surface area contributed by atoms with Crippen molar-refractivity contribution >= 4 is 31.3 Å². The molecule has 0 aromatic rings. The lowest BCUT2D eigenvalue weighted by atomic mass is 9.32. The van der Waals surface area contributed by atoms with E-state index in [4.69, 9.17) is 11.1 Å². The first-order chi connectivity index (χ1) is 35.8. The SMILES string of the molecule is C=C(CCCC(=O)[C@H](C)[C@@H](CO)C1CCCN1C(=O)C[C@@H](CO)[C@H](CC)N(C)C(=O)[C@@H](NC(=O)[C@H](C(C)C)N(C)C)C(C)C)[C@@H]1CC[C@]2(COP(=O)([O-])[O-])CC[C@]3(C)C(CCC4[C@@]5(C)CC[C@H](O)C(C)(C)[C@@H]5CC[C@]43C)[C@@H]12. The van der Waals surface area contributed by atoms with Gasteiger partial charge in [0.15, 0.2) is 0 Å². The summed E-state index contributed by atoms with van der Waals surface area (Å²) < 4.78 is 17.4. The third-order valence-corrected chi connectivity index (χ3v) is 23.6. The monoisotopic (exact) mass is 1100 g/mol. The molecule has 0 spiro atoms. The summed E-state index contributed by atoms with van der Waals surface area (Å²) in [6.07, 6.45) is 12.3. The van der Waals surface area contributed by atoms with Gasteiger partial charge in [0.1, 0.15) is 11.8 Å². The van der Waals surface area contributed by atoms with Crippen LogP contribution < -0.4 is 15.1 Å². The second kappa shape index (κ2) is 24.7. The Labute approximate surface area is 464 Å². The number of carbonyl (C=O) groups is 4. The Kier molecular flexibility index (Phi) is 20.5. The Morgan fingerprint density at radius 3 is 2.09 bits per heavy atom. The number of hydrogen-bond acceptors (Lipinski definition) is 12. The van der Waals surface area contributed by atoms with Crippen LogP contribution in [0.25, 0.3) is 0 Å². The predicted molar refractivity (Wildman–Crippen MR) is 297 cm³/mol. The van der Waals surface area contributed by atoms with Crippen LogP contribution in [0, 0.1) is 86.3 Å². The molecule has 17 atom stereocenters. The summed E-state index contributed by atoms with van der Waals surface area (Å²) in [5, 5.41) is 36.0. The average Bonchev–Trinajstić information content (AvgIpc) is 4.11. The van der Waals surface area contributed by atoms with Gasteiger partial charge in [0.25, 0.3) is 0 Å². The van der Waals surface area contributed by atoms with Crippen molar-refractivity contribution in [3.8, 4) is 0 Å². The number of aliphatic hydroxyl groups excluding tert-OH is 3. The molecule has 442 valence electrons. The first-order valence-corrected chi connectivity index (χ1v) is 31.6. The standard InChI is InChI=1S/C61H107N4O11P/c1-16-45(64(15)56(72)53(37(2)3)62-55(71)54(38(4)5)63(13)14)41(34-66)33-51(70)65-32-18-20-46(65)43(35-67)40(7)47(68)21-17-19-39(6)42-24-29-61(36-76-77(73,74)75)31-30-59(11)44(52(42)61)22-23-49-58(10)27-26-50(69)57(8,9)48(58)25-28-60(49,59)12/h37-38,40-46,48-50,52-54,66-67,69H,6,16-36H2,1-5,7-15H3,(H,62,71)(H2,73,74,75)/p-2/t40-,41+,42+,43-,44?,45+,46?,48+,49?,50+,52-,53+,54+,58+,59-,60-,61-/m1/s1. The van der Waals surface area contributed by atoms with Crippen molar-refractivity contribution in [1.82, 2.24) is 20.0 Å². The Hall–Kier alpha value is -2.23. The second-order valence-corrected chi connectivity index (χ2v) is 29.3. The fraction of sp³-hybridized carbons (Fsp3) is 0.902. The minimum absolute atomic E-state index is 0.0161. The van der Waals surface area contributed by atoms with Gasteiger partial charge in [-0.15, -0.1) is 0 Å². The van der Waals surface area contributed by atoms with Crippen LogP contribution in [0.4, 0.5) is 0 Å². The Balaban J connectivity index is 1.11. The third kappa shape index (κ3) is 12.3. The first-order valence-electron chi connectivity index (χ1n) is 30.1. The highest BCUT2D eigenvalue weighted by molar-refractivity contribution is 7.43. The van der Waals surface area contributed by atoms with Crippen molar-refractivity contribution in [1.29, 1.82) is 0 Å². The quantitative estimate of drug-likeness (QED) is 0.0538. The highest BCUT2D eigenvalue weighted by Crippen LogP contribution is 2.77. The summed E-state index contributed by atoms with van der Waals surface area (Å²) in [7, 11) is 0.131. The van der Waals surface area contributed by atoms with Crippen molar-refractivity contribution in [3.63, 3.8) is 0 Å². The van der Waals surface area contributed by atoms with E-state index in [2.05, 4.69) is 39.9 Å². The molecule has 1 saturated heterocycles. The van der Waals surface area contributed by atoms with Gasteiger partial charge in [0.05, 0.1) is 26.6 Å². The number of Topliss-reactive ketones (excluding diaryl/α,β-unsaturated/α-hetero) is 1. The molecule has 0 aromatic carbocycles. The number of allylic oxidation sites excluding steroid dienone is 1. The van der Waals surface area contributed by atoms with Gasteiger partial charge in [-0.25, -0.2) is 0 Å². The maximum atomic E-state index is 14.3. The van der Waals surface area contributed by atoms with E-state index < -0.39 is 49.1 Å². The van der Waals surface area contributed by atoms with E-state index in [1.807, 2.05) is 60.5 Å². The minimum Gasteiger partial charge on any atom is -0.790 e. The summed E-state index contributed by atoms with van der Waals surface area (Å²) in [5.74, 6) is -1.12. The molecule has 4 N–H and O–H groups in total. The molecule has 0 bridgehead atoms. The van der Waals surface area contributed by atoms with Crippen LogP contribution in [-0.2, 0) is 28.3 Å². The molecule has 3 unspecified atom stereocenters. The Morgan fingerprint density at radius 1 is 0.831 bits per heavy atom. The van der Waals surface area contributed by atoms with Gasteiger partial charge in [-0.2, -0.15) is 0 Å². The molecule has 6 aliphatic rings. The molecular weight excluding hydrogens is 996 g/mol. The Morgan fingerprint density at radius 2 is 1.51 bits per heavy atom. The van der Waals surface area contributed by atoms with Gasteiger partial charge >= 0.3 is 0 Å². The lowest BCUT2D eigenvalue weighted by molar-refractivity contribution is -0.344. The van der Waals surface area contributed by atoms with Crippen molar-refractivity contribution in [2.24, 2.45) is 86.3 Å². The van der Waals surface area contributed by atoms with Gasteiger partial charge in [-0.1, -0.05) is 88.3 Å². The summed E-state index contributed by atoms with van der Waals surface area (Å²) in [6.45, 7) is 28.1. The predicted octanol–water partition coefficient (Wildman–Crippen LogP) is 7.77. The van der Waals surface area contributed by atoms with Crippen LogP contribution >= 0.6 is 7.82 Å². The zero-order valence-corrected chi connectivity index (χ0v) is 51.0. The van der Waals surface area contributed by atoms with Gasteiger partial charge < -0.3 is 49.3 Å². The number of likely N-dealkylation sites (tertiary alicyclic amines) is 1. The molecule has 1 aliphatic heterocycles. The molecule has 16 heteroatoms. The Bertz CT molecular complexity index is 2140. The summed E-state index contributed by atoms with van der Waals surface area (Å²) in [6, 6.07) is -2.09. The average molecular weight is 1100 g/mol. The fourth-order valence-corrected chi connectivity index (χ4v) is 19.2. The number of carbonyl (C=O) groups excluding carboxylic acids is 4. The number of aliphatic hydroxyl groups is 3. The molecule has 15 nitrogen and oxygen atoms in total. The number of likely N-dealkylation sites (N-methyl/N-ethyl adjacent to an activating group) is 2. The summed E-state index contributed by atoms with van der Waals surface area (Å²) in [5.41, 5.74) is 0.552. The number of phosphoric acid groups is 1. The highest BCUT2D eigenvalue weighted by Gasteiger charge is 2.71. The highest BCUT2D eigenvalue weighted by atomic mass is 31.2. The van der Waals surface area contributed by atoms with E-state index in [1.54, 1.807) is 16.8 Å². The number of nitrogens with zero attached hydrogens (tertiary/aromatic N) is 3. The number of rotatable bonds is 24. The number of phosphoric ester groups is 1. The van der Waals surface area contributed by atoms with Crippen LogP contribution in [0.5, 0.6) is 0 Å². The van der Waals surface area contributed by atoms with E-state index >= 15 is 0 Å². The molecular formula is C61H105N4O11P-2. The van der Waals surface area contributed by atoms with E-state index in [0.29, 0.717) is 50.5 Å². The molecule has 1 heterocycles. The van der Waals surface area contributed by atoms with E-state index in [-0.39, 0.29) is 120 Å². The number of ketones is 1. The van der Waals surface area contributed by atoms with Crippen molar-refractivity contribution in [2.75, 3.05) is 47.5 Å². The van der Waals surface area contributed by atoms with Crippen molar-refractivity contribution in [2.45, 2.75) is 216 Å². The molecule has 6 fully saturated rings. The summed E-state index contributed by atoms with van der Waals surface area (Å²) >= 11 is 0. The largest absolute Gasteiger partial charge is 0.790 e. The fourth-order valence-electron chi connectivity index (χ4n) is 18.8. The number of hydrogen-bond donors (Lipinski definition) is 4. The van der Waals surface area contributed by atoms with Crippen LogP contribution in [0.2, 0.25) is 0 Å². The minimum atomic E-state index is -5.22.